The molecule has 84 valence electrons. The van der Waals surface area contributed by atoms with Gasteiger partial charge in [-0.25, -0.2) is 0 Å². The lowest BCUT2D eigenvalue weighted by atomic mass is 9.88. The first-order valence-electron chi connectivity index (χ1n) is 6.56. The Labute approximate surface area is 92.9 Å². The van der Waals surface area contributed by atoms with Crippen LogP contribution >= 0.6 is 0 Å². The lowest BCUT2D eigenvalue weighted by Crippen LogP contribution is -2.16. The molecule has 0 aliphatic heterocycles. The molecule has 2 rings (SSSR count). The summed E-state index contributed by atoms with van der Waals surface area (Å²) in [6, 6.07) is 0. The number of carbonyl (C=O) groups excluding carboxylic acids is 1. The second-order valence-corrected chi connectivity index (χ2v) is 5.07. The molecule has 0 amide bonds. The van der Waals surface area contributed by atoms with Crippen molar-refractivity contribution in [2.75, 3.05) is 0 Å². The van der Waals surface area contributed by atoms with Crippen LogP contribution in [0.4, 0.5) is 0 Å². The van der Waals surface area contributed by atoms with E-state index in [-0.39, 0.29) is 0 Å². The number of rotatable bonds is 3. The van der Waals surface area contributed by atoms with Crippen LogP contribution in [0, 0.1) is 11.8 Å². The van der Waals surface area contributed by atoms with Crippen molar-refractivity contribution in [1.82, 2.24) is 0 Å². The highest BCUT2D eigenvalue weighted by Gasteiger charge is 2.36. The first-order chi connectivity index (χ1) is 7.33. The second-order valence-electron chi connectivity index (χ2n) is 5.07. The van der Waals surface area contributed by atoms with Crippen molar-refractivity contribution in [2.45, 2.75) is 58.3 Å². The largest absolute Gasteiger partial charge is 0.294 e. The van der Waals surface area contributed by atoms with E-state index in [1.165, 1.54) is 25.7 Å². The minimum absolute atomic E-state index is 0.399. The van der Waals surface area contributed by atoms with Gasteiger partial charge in [0.25, 0.3) is 0 Å². The van der Waals surface area contributed by atoms with Crippen LogP contribution < -0.4 is 0 Å². The lowest BCUT2D eigenvalue weighted by molar-refractivity contribution is -0.119. The third-order valence-electron chi connectivity index (χ3n) is 4.03. The van der Waals surface area contributed by atoms with Crippen molar-refractivity contribution in [2.24, 2.45) is 11.8 Å². The molecule has 0 bridgehead atoms. The first kappa shape index (κ1) is 10.9. The van der Waals surface area contributed by atoms with Crippen LogP contribution in [0.2, 0.25) is 0 Å². The number of hydrogen-bond donors (Lipinski definition) is 0. The van der Waals surface area contributed by atoms with Crippen molar-refractivity contribution in [1.29, 1.82) is 0 Å². The highest BCUT2D eigenvalue weighted by atomic mass is 16.1. The summed E-state index contributed by atoms with van der Waals surface area (Å²) in [6.45, 7) is 2.17. The lowest BCUT2D eigenvalue weighted by Gasteiger charge is -2.15. The summed E-state index contributed by atoms with van der Waals surface area (Å²) in [5.74, 6) is 1.62. The average molecular weight is 206 g/mol. The SMILES string of the molecule is CCCC=C1CCC(C2CCCC2)C1=O. The Balaban J connectivity index is 1.97. The standard InChI is InChI=1S/C14H22O/c1-2-3-6-12-9-10-13(14(12)15)11-7-4-5-8-11/h6,11,13H,2-5,7-10H2,1H3. The molecule has 1 heteroatoms. The predicted octanol–water partition coefficient (Wildman–Crippen LogP) is 3.88. The van der Waals surface area contributed by atoms with Gasteiger partial charge in [-0.15, -0.1) is 0 Å². The number of unbranched alkanes of at least 4 members (excludes halogenated alkanes) is 1. The van der Waals surface area contributed by atoms with E-state index in [9.17, 15) is 4.79 Å². The van der Waals surface area contributed by atoms with Crippen molar-refractivity contribution in [3.8, 4) is 0 Å². The maximum atomic E-state index is 12.1. The van der Waals surface area contributed by atoms with Crippen molar-refractivity contribution >= 4 is 5.78 Å². The Kier molecular flexibility index (Phi) is 3.61. The van der Waals surface area contributed by atoms with E-state index in [2.05, 4.69) is 13.0 Å². The van der Waals surface area contributed by atoms with Gasteiger partial charge >= 0.3 is 0 Å². The number of allylic oxidation sites excluding steroid dienone is 2. The van der Waals surface area contributed by atoms with Crippen LogP contribution in [0.15, 0.2) is 11.6 Å². The van der Waals surface area contributed by atoms with E-state index in [0.717, 1.165) is 37.2 Å². The molecular weight excluding hydrogens is 184 g/mol. The topological polar surface area (TPSA) is 17.1 Å². The van der Waals surface area contributed by atoms with Crippen LogP contribution in [0.1, 0.15) is 58.3 Å². The van der Waals surface area contributed by atoms with Gasteiger partial charge in [0.1, 0.15) is 0 Å². The molecule has 0 spiro atoms. The minimum Gasteiger partial charge on any atom is -0.294 e. The van der Waals surface area contributed by atoms with Crippen molar-refractivity contribution in [3.63, 3.8) is 0 Å². The van der Waals surface area contributed by atoms with Gasteiger partial charge in [-0.05, 0) is 43.6 Å². The molecule has 2 aliphatic rings. The zero-order valence-corrected chi connectivity index (χ0v) is 9.80. The van der Waals surface area contributed by atoms with Gasteiger partial charge in [0.05, 0.1) is 0 Å². The maximum absolute atomic E-state index is 12.1. The van der Waals surface area contributed by atoms with E-state index in [4.69, 9.17) is 0 Å². The van der Waals surface area contributed by atoms with Crippen molar-refractivity contribution < 1.29 is 4.79 Å². The van der Waals surface area contributed by atoms with E-state index < -0.39 is 0 Å². The molecule has 15 heavy (non-hydrogen) atoms. The monoisotopic (exact) mass is 206 g/mol. The molecule has 0 aromatic heterocycles. The molecule has 1 nitrogen and oxygen atoms in total. The van der Waals surface area contributed by atoms with Gasteiger partial charge in [0, 0.05) is 5.92 Å². The molecule has 0 aromatic rings. The summed E-state index contributed by atoms with van der Waals surface area (Å²) in [5, 5.41) is 0. The zero-order valence-electron chi connectivity index (χ0n) is 9.80. The third-order valence-corrected chi connectivity index (χ3v) is 4.03. The molecular formula is C14H22O. The number of Topliss-reactive ketones (excluding diaryl/α,β-unsaturated/α-hetero) is 1. The van der Waals surface area contributed by atoms with Gasteiger partial charge in [-0.3, -0.25) is 4.79 Å². The minimum atomic E-state index is 0.399. The molecule has 2 fully saturated rings. The number of carbonyl (C=O) groups is 1. The third kappa shape index (κ3) is 2.32. The summed E-state index contributed by atoms with van der Waals surface area (Å²) in [4.78, 5) is 12.1. The molecule has 0 N–H and O–H groups in total. The van der Waals surface area contributed by atoms with Crippen LogP contribution in [0.3, 0.4) is 0 Å². The Morgan fingerprint density at radius 1 is 1.27 bits per heavy atom. The molecule has 0 heterocycles. The molecule has 2 saturated carbocycles. The quantitative estimate of drug-likeness (QED) is 0.640. The summed E-state index contributed by atoms with van der Waals surface area (Å²) in [6.07, 6.45) is 11.9. The Bertz CT molecular complexity index is 259. The smallest absolute Gasteiger partial charge is 0.161 e. The van der Waals surface area contributed by atoms with Crippen LogP contribution in [-0.2, 0) is 4.79 Å². The van der Waals surface area contributed by atoms with E-state index in [1.54, 1.807) is 0 Å². The highest BCUT2D eigenvalue weighted by Crippen LogP contribution is 2.40. The Hall–Kier alpha value is -0.590. The fourth-order valence-electron chi connectivity index (χ4n) is 3.13. The van der Waals surface area contributed by atoms with E-state index in [0.29, 0.717) is 11.7 Å². The van der Waals surface area contributed by atoms with Gasteiger partial charge < -0.3 is 0 Å². The fraction of sp³-hybridized carbons (Fsp3) is 0.786. The van der Waals surface area contributed by atoms with Crippen LogP contribution in [0.25, 0.3) is 0 Å². The Morgan fingerprint density at radius 3 is 2.67 bits per heavy atom. The maximum Gasteiger partial charge on any atom is 0.161 e. The predicted molar refractivity (Wildman–Crippen MR) is 62.7 cm³/mol. The Morgan fingerprint density at radius 2 is 2.00 bits per heavy atom. The molecule has 0 aromatic carbocycles. The molecule has 1 atom stereocenters. The molecule has 2 aliphatic carbocycles. The molecule has 1 unspecified atom stereocenters. The van der Waals surface area contributed by atoms with Gasteiger partial charge in [0.15, 0.2) is 5.78 Å². The van der Waals surface area contributed by atoms with Gasteiger partial charge in [-0.2, -0.15) is 0 Å². The van der Waals surface area contributed by atoms with E-state index >= 15 is 0 Å². The normalized spacial score (nSPS) is 30.6. The van der Waals surface area contributed by atoms with Crippen LogP contribution in [0.5, 0.6) is 0 Å². The van der Waals surface area contributed by atoms with Crippen molar-refractivity contribution in [3.05, 3.63) is 11.6 Å². The molecule has 0 saturated heterocycles. The highest BCUT2D eigenvalue weighted by molar-refractivity contribution is 5.99. The summed E-state index contributed by atoms with van der Waals surface area (Å²) in [5.41, 5.74) is 1.15. The van der Waals surface area contributed by atoms with Gasteiger partial charge in [0.2, 0.25) is 0 Å². The summed E-state index contributed by atoms with van der Waals surface area (Å²) < 4.78 is 0. The van der Waals surface area contributed by atoms with Crippen LogP contribution in [-0.4, -0.2) is 5.78 Å². The summed E-state index contributed by atoms with van der Waals surface area (Å²) >= 11 is 0. The first-order valence-corrected chi connectivity index (χ1v) is 6.56. The zero-order chi connectivity index (χ0) is 10.7. The number of hydrogen-bond acceptors (Lipinski definition) is 1. The van der Waals surface area contributed by atoms with E-state index in [1.807, 2.05) is 0 Å². The summed E-state index contributed by atoms with van der Waals surface area (Å²) in [7, 11) is 0. The number of ketones is 1. The second kappa shape index (κ2) is 4.96. The fourth-order valence-corrected chi connectivity index (χ4v) is 3.13. The van der Waals surface area contributed by atoms with Gasteiger partial charge in [-0.1, -0.05) is 32.3 Å². The molecule has 0 radical (unpaired) electrons. The average Bonchev–Trinajstić information content (AvgIpc) is 2.84.